The number of nitrogens with one attached hydrogen (secondary N) is 1. The lowest BCUT2D eigenvalue weighted by Crippen LogP contribution is -2.41. The first-order valence-corrected chi connectivity index (χ1v) is 5.81. The van der Waals surface area contributed by atoms with Crippen molar-refractivity contribution in [3.05, 3.63) is 33.1 Å². The summed E-state index contributed by atoms with van der Waals surface area (Å²) in [5, 5.41) is 18.5. The number of hydrogen-bond donors (Lipinski definition) is 3. The number of nitrogens with zero attached hydrogens (tertiary/aromatic N) is 1. The zero-order valence-corrected chi connectivity index (χ0v) is 10.5. The highest BCUT2D eigenvalue weighted by Crippen LogP contribution is 2.45. The van der Waals surface area contributed by atoms with Crippen molar-refractivity contribution in [1.29, 1.82) is 0 Å². The number of ether oxygens (including phenoxy) is 1. The molecule has 7 nitrogen and oxygen atoms in total. The second-order valence-electron chi connectivity index (χ2n) is 3.85. The third kappa shape index (κ3) is 2.03. The lowest BCUT2D eigenvalue weighted by atomic mass is 10.1. The second kappa shape index (κ2) is 4.57. The van der Waals surface area contributed by atoms with E-state index in [1.165, 1.54) is 0 Å². The standard InChI is InChI=1S/C9H10BrFN2O5/c10-9(11)6(16)4(3-14)18-7(9)13-2-1-5(15)12-8(13)17/h1-2,4,6-7,14,16H,3H2,(H,12,15,17)/t4?,6-,7+,9?/m0/s1. The average Bonchev–Trinajstić information content (AvgIpc) is 2.52. The Labute approximate surface area is 108 Å². The summed E-state index contributed by atoms with van der Waals surface area (Å²) >= 11 is 2.64. The molecule has 1 aromatic heterocycles. The van der Waals surface area contributed by atoms with Crippen molar-refractivity contribution >= 4 is 15.9 Å². The number of aromatic amines is 1. The molecule has 0 aliphatic carbocycles. The zero-order chi connectivity index (χ0) is 13.5. The summed E-state index contributed by atoms with van der Waals surface area (Å²) in [6.45, 7) is -0.604. The van der Waals surface area contributed by atoms with Gasteiger partial charge in [-0.3, -0.25) is 14.3 Å². The summed E-state index contributed by atoms with van der Waals surface area (Å²) < 4.78 is 17.7. The minimum Gasteiger partial charge on any atom is -0.394 e. The van der Waals surface area contributed by atoms with Crippen molar-refractivity contribution in [2.24, 2.45) is 0 Å². The van der Waals surface area contributed by atoms with Crippen LogP contribution in [0, 0.1) is 0 Å². The van der Waals surface area contributed by atoms with Gasteiger partial charge in [0.2, 0.25) is 4.58 Å². The minimum absolute atomic E-state index is 0.604. The van der Waals surface area contributed by atoms with Gasteiger partial charge in [-0.2, -0.15) is 0 Å². The first-order valence-electron chi connectivity index (χ1n) is 5.01. The van der Waals surface area contributed by atoms with Crippen LogP contribution < -0.4 is 11.2 Å². The van der Waals surface area contributed by atoms with Gasteiger partial charge in [-0.1, -0.05) is 0 Å². The van der Waals surface area contributed by atoms with Crippen molar-refractivity contribution in [2.75, 3.05) is 6.61 Å². The molecule has 1 saturated heterocycles. The van der Waals surface area contributed by atoms with Gasteiger partial charge in [-0.25, -0.2) is 9.18 Å². The largest absolute Gasteiger partial charge is 0.394 e. The van der Waals surface area contributed by atoms with Gasteiger partial charge >= 0.3 is 5.69 Å². The normalized spacial score (nSPS) is 35.9. The summed E-state index contributed by atoms with van der Waals surface area (Å²) in [5.74, 6) is 0. The van der Waals surface area contributed by atoms with Crippen LogP contribution in [0.1, 0.15) is 6.23 Å². The summed E-state index contributed by atoms with van der Waals surface area (Å²) in [6.07, 6.45) is -3.26. The van der Waals surface area contributed by atoms with Crippen molar-refractivity contribution in [2.45, 2.75) is 23.0 Å². The smallest absolute Gasteiger partial charge is 0.330 e. The highest BCUT2D eigenvalue weighted by Gasteiger charge is 2.56. The monoisotopic (exact) mass is 324 g/mol. The van der Waals surface area contributed by atoms with E-state index in [-0.39, 0.29) is 0 Å². The molecule has 18 heavy (non-hydrogen) atoms. The molecular formula is C9H10BrFN2O5. The molecule has 2 rings (SSSR count). The molecule has 2 heterocycles. The molecule has 1 fully saturated rings. The molecule has 100 valence electrons. The molecular weight excluding hydrogens is 315 g/mol. The van der Waals surface area contributed by atoms with Crippen LogP contribution in [0.15, 0.2) is 21.9 Å². The Hall–Kier alpha value is -1.03. The van der Waals surface area contributed by atoms with Crippen LogP contribution in [0.25, 0.3) is 0 Å². The fraction of sp³-hybridized carbons (Fsp3) is 0.556. The van der Waals surface area contributed by atoms with Gasteiger partial charge < -0.3 is 14.9 Å². The van der Waals surface area contributed by atoms with Crippen LogP contribution in [0.2, 0.25) is 0 Å². The minimum atomic E-state index is -2.44. The molecule has 4 atom stereocenters. The van der Waals surface area contributed by atoms with Gasteiger partial charge in [-0.15, -0.1) is 0 Å². The number of hydrogen-bond acceptors (Lipinski definition) is 5. The van der Waals surface area contributed by atoms with E-state index >= 15 is 0 Å². The summed E-state index contributed by atoms with van der Waals surface area (Å²) in [5.41, 5.74) is -1.51. The average molecular weight is 325 g/mol. The maximum absolute atomic E-state index is 14.3. The Kier molecular flexibility index (Phi) is 3.41. The van der Waals surface area contributed by atoms with E-state index in [1.54, 1.807) is 0 Å². The van der Waals surface area contributed by atoms with Gasteiger partial charge in [0.25, 0.3) is 5.56 Å². The number of aliphatic hydroxyl groups is 2. The van der Waals surface area contributed by atoms with Gasteiger partial charge in [0.15, 0.2) is 6.23 Å². The summed E-state index contributed by atoms with van der Waals surface area (Å²) in [7, 11) is 0. The number of alkyl halides is 2. The van der Waals surface area contributed by atoms with Crippen LogP contribution in [0.5, 0.6) is 0 Å². The number of H-pyrrole nitrogens is 1. The molecule has 0 amide bonds. The molecule has 0 bridgehead atoms. The number of aliphatic hydroxyl groups excluding tert-OH is 2. The molecule has 0 radical (unpaired) electrons. The van der Waals surface area contributed by atoms with E-state index in [0.717, 1.165) is 16.8 Å². The summed E-state index contributed by atoms with van der Waals surface area (Å²) in [6, 6.07) is 1.02. The Morgan fingerprint density at radius 2 is 2.28 bits per heavy atom. The maximum Gasteiger partial charge on any atom is 0.330 e. The first-order chi connectivity index (χ1) is 8.37. The lowest BCUT2D eigenvalue weighted by Gasteiger charge is -2.22. The first kappa shape index (κ1) is 13.4. The van der Waals surface area contributed by atoms with E-state index in [0.29, 0.717) is 0 Å². The predicted octanol–water partition coefficient (Wildman–Crippen LogP) is -1.15. The van der Waals surface area contributed by atoms with Crippen molar-refractivity contribution < 1.29 is 19.3 Å². The molecule has 9 heteroatoms. The van der Waals surface area contributed by atoms with Crippen molar-refractivity contribution in [1.82, 2.24) is 9.55 Å². The van der Waals surface area contributed by atoms with Crippen molar-refractivity contribution in [3.8, 4) is 0 Å². The fourth-order valence-corrected chi connectivity index (χ4v) is 2.35. The van der Waals surface area contributed by atoms with Gasteiger partial charge in [0, 0.05) is 12.3 Å². The SMILES string of the molecule is O=c1ccn([C@@H]2OC(CO)[C@H](O)C2(F)Br)c(=O)[nH]1. The predicted molar refractivity (Wildman–Crippen MR) is 61.1 cm³/mol. The molecule has 0 aromatic carbocycles. The van der Waals surface area contributed by atoms with E-state index in [1.807, 2.05) is 4.98 Å². The highest BCUT2D eigenvalue weighted by atomic mass is 79.9. The van der Waals surface area contributed by atoms with Crippen LogP contribution in [0.3, 0.4) is 0 Å². The lowest BCUT2D eigenvalue weighted by molar-refractivity contribution is -0.0506. The van der Waals surface area contributed by atoms with Crippen LogP contribution >= 0.6 is 15.9 Å². The topological polar surface area (TPSA) is 105 Å². The molecule has 0 saturated carbocycles. The number of aromatic nitrogens is 2. The molecule has 1 aliphatic heterocycles. The Balaban J connectivity index is 2.45. The van der Waals surface area contributed by atoms with Crippen LogP contribution in [-0.2, 0) is 4.74 Å². The third-order valence-corrected chi connectivity index (χ3v) is 3.52. The molecule has 0 spiro atoms. The second-order valence-corrected chi connectivity index (χ2v) is 5.06. The molecule has 3 N–H and O–H groups in total. The van der Waals surface area contributed by atoms with Gasteiger partial charge in [-0.05, 0) is 15.9 Å². The van der Waals surface area contributed by atoms with Crippen LogP contribution in [-0.4, -0.2) is 43.2 Å². The fourth-order valence-electron chi connectivity index (χ4n) is 1.73. The quantitative estimate of drug-likeness (QED) is 0.596. The van der Waals surface area contributed by atoms with Gasteiger partial charge in [0.1, 0.15) is 12.2 Å². The number of halogens is 2. The van der Waals surface area contributed by atoms with E-state index in [2.05, 4.69) is 15.9 Å². The van der Waals surface area contributed by atoms with Crippen molar-refractivity contribution in [3.63, 3.8) is 0 Å². The molecule has 1 aromatic rings. The Morgan fingerprint density at radius 3 is 2.78 bits per heavy atom. The van der Waals surface area contributed by atoms with E-state index in [9.17, 15) is 19.1 Å². The Bertz CT molecular complexity index is 556. The highest BCUT2D eigenvalue weighted by molar-refractivity contribution is 9.10. The Morgan fingerprint density at radius 1 is 1.61 bits per heavy atom. The molecule has 2 unspecified atom stereocenters. The maximum atomic E-state index is 14.3. The van der Waals surface area contributed by atoms with E-state index in [4.69, 9.17) is 9.84 Å². The molecule has 1 aliphatic rings. The van der Waals surface area contributed by atoms with E-state index < -0.39 is 40.9 Å². The number of rotatable bonds is 2. The third-order valence-electron chi connectivity index (χ3n) is 2.66. The van der Waals surface area contributed by atoms with Crippen LogP contribution in [0.4, 0.5) is 4.39 Å². The van der Waals surface area contributed by atoms with Gasteiger partial charge in [0.05, 0.1) is 6.61 Å². The zero-order valence-electron chi connectivity index (χ0n) is 8.92. The summed E-state index contributed by atoms with van der Waals surface area (Å²) in [4.78, 5) is 24.4.